The molecule has 0 saturated carbocycles. The average Bonchev–Trinajstić information content (AvgIpc) is 3.11. The molecule has 5 aromatic rings. The van der Waals surface area contributed by atoms with Crippen molar-refractivity contribution in [1.82, 2.24) is 20.2 Å². The molecular weight excluding hydrogens is 578 g/mol. The maximum Gasteiger partial charge on any atom is 0.255 e. The largest absolute Gasteiger partial charge is 0.493 e. The molecule has 3 heterocycles. The number of carbonyl (C=O) groups excluding carboxylic acids is 1. The second-order valence-electron chi connectivity index (χ2n) is 11.2. The summed E-state index contributed by atoms with van der Waals surface area (Å²) in [5.41, 5.74) is 5.52. The van der Waals surface area contributed by atoms with Gasteiger partial charge in [-0.15, -0.1) is 0 Å². The SMILES string of the molecule is COc1cc2c(Cc3ccc(Nc4ncccc4C(=O)NCc4ccccc4)cc3)ccnc2cc1OCCCN1CCOCC1. The average molecular weight is 618 g/mol. The Labute approximate surface area is 269 Å². The molecule has 0 radical (unpaired) electrons. The number of hydrogen-bond acceptors (Lipinski definition) is 8. The molecule has 1 amide bonds. The number of anilines is 2. The minimum Gasteiger partial charge on any atom is -0.493 e. The highest BCUT2D eigenvalue weighted by atomic mass is 16.5. The highest BCUT2D eigenvalue weighted by Gasteiger charge is 2.15. The molecule has 0 atom stereocenters. The van der Waals surface area contributed by atoms with E-state index in [2.05, 4.69) is 37.6 Å². The number of benzene rings is 3. The molecule has 0 spiro atoms. The predicted octanol–water partition coefficient (Wildman–Crippen LogP) is 6.00. The fourth-order valence-electron chi connectivity index (χ4n) is 5.56. The first kappa shape index (κ1) is 31.0. The minimum absolute atomic E-state index is 0.183. The number of pyridine rings is 2. The fourth-order valence-corrected chi connectivity index (χ4v) is 5.56. The predicted molar refractivity (Wildman–Crippen MR) is 180 cm³/mol. The van der Waals surface area contributed by atoms with E-state index in [1.165, 1.54) is 0 Å². The lowest BCUT2D eigenvalue weighted by Crippen LogP contribution is -2.37. The van der Waals surface area contributed by atoms with Gasteiger partial charge in [0.2, 0.25) is 0 Å². The summed E-state index contributed by atoms with van der Waals surface area (Å²) in [4.78, 5) is 24.4. The standard InChI is InChI=1S/C37H39N5O4/c1-44-34-24-32-29(14-16-38-33(32)25-35(34)46-20-6-17-42-18-21-45-22-19-42)23-27-10-12-30(13-11-27)41-36-31(9-5-15-39-36)37(43)40-26-28-7-3-2-4-8-28/h2-5,7-16,24-25H,6,17-23,26H2,1H3,(H,39,41)(H,40,43). The lowest BCUT2D eigenvalue weighted by Gasteiger charge is -2.26. The highest BCUT2D eigenvalue weighted by molar-refractivity contribution is 5.99. The van der Waals surface area contributed by atoms with Gasteiger partial charge in [0.25, 0.3) is 5.91 Å². The van der Waals surface area contributed by atoms with Gasteiger partial charge in [-0.2, -0.15) is 0 Å². The van der Waals surface area contributed by atoms with Crippen LogP contribution in [0, 0.1) is 0 Å². The van der Waals surface area contributed by atoms with Crippen molar-refractivity contribution in [2.24, 2.45) is 0 Å². The van der Waals surface area contributed by atoms with Gasteiger partial charge >= 0.3 is 0 Å². The Morgan fingerprint density at radius 1 is 0.891 bits per heavy atom. The number of nitrogens with zero attached hydrogens (tertiary/aromatic N) is 3. The van der Waals surface area contributed by atoms with Crippen LogP contribution in [0.4, 0.5) is 11.5 Å². The molecule has 1 aliphatic heterocycles. The van der Waals surface area contributed by atoms with Crippen molar-refractivity contribution in [2.75, 3.05) is 51.9 Å². The van der Waals surface area contributed by atoms with Crippen molar-refractivity contribution in [3.63, 3.8) is 0 Å². The molecule has 0 unspecified atom stereocenters. The molecule has 0 aliphatic carbocycles. The van der Waals surface area contributed by atoms with E-state index in [9.17, 15) is 4.79 Å². The maximum absolute atomic E-state index is 13.0. The topological polar surface area (TPSA) is 97.8 Å². The first-order chi connectivity index (χ1) is 22.7. The van der Waals surface area contributed by atoms with Crippen molar-refractivity contribution < 1.29 is 19.0 Å². The minimum atomic E-state index is -0.183. The summed E-state index contributed by atoms with van der Waals surface area (Å²) in [7, 11) is 1.67. The van der Waals surface area contributed by atoms with Crippen LogP contribution in [0.5, 0.6) is 11.5 Å². The number of fused-ring (bicyclic) bond motifs is 1. The Kier molecular flexibility index (Phi) is 10.3. The smallest absolute Gasteiger partial charge is 0.255 e. The fraction of sp³-hybridized carbons (Fsp3) is 0.270. The molecule has 236 valence electrons. The first-order valence-corrected chi connectivity index (χ1v) is 15.7. The van der Waals surface area contributed by atoms with Gasteiger partial charge in [0.15, 0.2) is 11.5 Å². The molecule has 0 bridgehead atoms. The number of morpholine rings is 1. The molecule has 9 nitrogen and oxygen atoms in total. The number of hydrogen-bond donors (Lipinski definition) is 2. The number of nitrogens with one attached hydrogen (secondary N) is 2. The van der Waals surface area contributed by atoms with Crippen LogP contribution in [-0.4, -0.2) is 67.3 Å². The van der Waals surface area contributed by atoms with Crippen LogP contribution in [0.25, 0.3) is 10.9 Å². The number of ether oxygens (including phenoxy) is 3. The Bertz CT molecular complexity index is 1740. The zero-order valence-corrected chi connectivity index (χ0v) is 26.1. The zero-order valence-electron chi connectivity index (χ0n) is 26.1. The Balaban J connectivity index is 1.09. The van der Waals surface area contributed by atoms with Gasteiger partial charge in [-0.05, 0) is 65.9 Å². The van der Waals surface area contributed by atoms with Gasteiger partial charge < -0.3 is 24.8 Å². The molecule has 9 heteroatoms. The monoisotopic (exact) mass is 617 g/mol. The van der Waals surface area contributed by atoms with Crippen LogP contribution in [-0.2, 0) is 17.7 Å². The van der Waals surface area contributed by atoms with Crippen LogP contribution in [0.15, 0.2) is 97.3 Å². The van der Waals surface area contributed by atoms with E-state index >= 15 is 0 Å². The third-order valence-corrected chi connectivity index (χ3v) is 8.06. The van der Waals surface area contributed by atoms with E-state index in [1.54, 1.807) is 25.4 Å². The number of carbonyl (C=O) groups is 1. The summed E-state index contributed by atoms with van der Waals surface area (Å²) in [5.74, 6) is 1.73. The van der Waals surface area contributed by atoms with Crippen LogP contribution in [0.3, 0.4) is 0 Å². The van der Waals surface area contributed by atoms with Crippen LogP contribution >= 0.6 is 0 Å². The number of aromatic nitrogens is 2. The summed E-state index contributed by atoms with van der Waals surface area (Å²) in [6.45, 7) is 5.60. The molecule has 6 rings (SSSR count). The molecule has 1 aliphatic rings. The molecule has 46 heavy (non-hydrogen) atoms. The number of methoxy groups -OCH3 is 1. The summed E-state index contributed by atoms with van der Waals surface area (Å²) in [5, 5.41) is 7.32. The number of rotatable bonds is 13. The normalized spacial score (nSPS) is 13.3. The summed E-state index contributed by atoms with van der Waals surface area (Å²) >= 11 is 0. The van der Waals surface area contributed by atoms with E-state index < -0.39 is 0 Å². The highest BCUT2D eigenvalue weighted by Crippen LogP contribution is 2.34. The Morgan fingerprint density at radius 2 is 1.72 bits per heavy atom. The molecular formula is C37H39N5O4. The zero-order chi connectivity index (χ0) is 31.6. The van der Waals surface area contributed by atoms with Crippen LogP contribution < -0.4 is 20.1 Å². The summed E-state index contributed by atoms with van der Waals surface area (Å²) in [6, 6.07) is 27.6. The molecule has 1 fully saturated rings. The van der Waals surface area contributed by atoms with Gasteiger partial charge in [-0.1, -0.05) is 42.5 Å². The van der Waals surface area contributed by atoms with Gasteiger partial charge in [-0.25, -0.2) is 4.98 Å². The Hall–Kier alpha value is -4.99. The van der Waals surface area contributed by atoms with E-state index in [0.717, 1.165) is 79.0 Å². The van der Waals surface area contributed by atoms with Gasteiger partial charge in [-0.3, -0.25) is 14.7 Å². The molecule has 1 saturated heterocycles. The lowest BCUT2D eigenvalue weighted by atomic mass is 10.0. The van der Waals surface area contributed by atoms with Gasteiger partial charge in [0.1, 0.15) is 5.82 Å². The van der Waals surface area contributed by atoms with E-state index in [4.69, 9.17) is 14.2 Å². The van der Waals surface area contributed by atoms with Crippen molar-refractivity contribution in [2.45, 2.75) is 19.4 Å². The molecule has 3 aromatic carbocycles. The maximum atomic E-state index is 13.0. The lowest BCUT2D eigenvalue weighted by molar-refractivity contribution is 0.0357. The van der Waals surface area contributed by atoms with E-state index in [1.807, 2.05) is 66.9 Å². The summed E-state index contributed by atoms with van der Waals surface area (Å²) < 4.78 is 17.3. The Morgan fingerprint density at radius 3 is 2.52 bits per heavy atom. The second-order valence-corrected chi connectivity index (χ2v) is 11.2. The quantitative estimate of drug-likeness (QED) is 0.155. The van der Waals surface area contributed by atoms with Gasteiger partial charge in [0, 0.05) is 55.7 Å². The first-order valence-electron chi connectivity index (χ1n) is 15.7. The van der Waals surface area contributed by atoms with Crippen LogP contribution in [0.1, 0.15) is 33.5 Å². The molecule has 2 N–H and O–H groups in total. The van der Waals surface area contributed by atoms with Crippen molar-refractivity contribution in [3.05, 3.63) is 120 Å². The van der Waals surface area contributed by atoms with E-state index in [0.29, 0.717) is 36.0 Å². The van der Waals surface area contributed by atoms with E-state index in [-0.39, 0.29) is 5.91 Å². The number of amides is 1. The van der Waals surface area contributed by atoms with Crippen LogP contribution in [0.2, 0.25) is 0 Å². The summed E-state index contributed by atoms with van der Waals surface area (Å²) in [6.07, 6.45) is 5.17. The van der Waals surface area contributed by atoms with Gasteiger partial charge in [0.05, 0.1) is 38.0 Å². The molecule has 2 aromatic heterocycles. The second kappa shape index (κ2) is 15.3. The third-order valence-electron chi connectivity index (χ3n) is 8.06. The van der Waals surface area contributed by atoms with Crippen molar-refractivity contribution in [3.8, 4) is 11.5 Å². The van der Waals surface area contributed by atoms with Crippen molar-refractivity contribution in [1.29, 1.82) is 0 Å². The van der Waals surface area contributed by atoms with Crippen molar-refractivity contribution >= 4 is 28.3 Å². The third kappa shape index (κ3) is 7.99.